The second-order valence-corrected chi connectivity index (χ2v) is 6.15. The smallest absolute Gasteiger partial charge is 0.135 e. The van der Waals surface area contributed by atoms with Crippen molar-refractivity contribution in [1.29, 1.82) is 0 Å². The van der Waals surface area contributed by atoms with E-state index in [0.717, 1.165) is 50.6 Å². The molecule has 20 heavy (non-hydrogen) atoms. The third-order valence-corrected chi connectivity index (χ3v) is 4.09. The first-order chi connectivity index (χ1) is 9.76. The van der Waals surface area contributed by atoms with E-state index in [4.69, 9.17) is 21.3 Å². The van der Waals surface area contributed by atoms with E-state index in [0.29, 0.717) is 17.2 Å². The molecule has 4 nitrogen and oxygen atoms in total. The fourth-order valence-electron chi connectivity index (χ4n) is 2.68. The average Bonchev–Trinajstić information content (AvgIpc) is 3.29. The maximum atomic E-state index is 6.15. The van der Waals surface area contributed by atoms with Gasteiger partial charge in [-0.15, -0.1) is 0 Å². The fourth-order valence-corrected chi connectivity index (χ4v) is 2.86. The van der Waals surface area contributed by atoms with Crippen molar-refractivity contribution in [1.82, 2.24) is 9.97 Å². The van der Waals surface area contributed by atoms with Crippen LogP contribution in [0.3, 0.4) is 0 Å². The van der Waals surface area contributed by atoms with Crippen LogP contribution in [-0.4, -0.2) is 35.8 Å². The molecule has 0 radical (unpaired) electrons. The lowest BCUT2D eigenvalue weighted by Gasteiger charge is -2.33. The molecule has 1 aromatic heterocycles. The van der Waals surface area contributed by atoms with E-state index in [1.807, 2.05) is 6.07 Å². The fraction of sp³-hybridized carbons (Fsp3) is 0.733. The Morgan fingerprint density at radius 1 is 1.35 bits per heavy atom. The van der Waals surface area contributed by atoms with Crippen molar-refractivity contribution in [2.45, 2.75) is 51.0 Å². The molecule has 2 fully saturated rings. The Balaban J connectivity index is 1.71. The lowest BCUT2D eigenvalue weighted by molar-refractivity contribution is 0.0439. The van der Waals surface area contributed by atoms with Gasteiger partial charge in [0.2, 0.25) is 0 Å². The minimum Gasteiger partial charge on any atom is -0.376 e. The highest BCUT2D eigenvalue weighted by molar-refractivity contribution is 6.29. The van der Waals surface area contributed by atoms with E-state index in [9.17, 15) is 0 Å². The molecule has 3 rings (SSSR count). The molecule has 1 atom stereocenters. The van der Waals surface area contributed by atoms with Crippen LogP contribution in [0.25, 0.3) is 0 Å². The Kier molecular flexibility index (Phi) is 4.41. The predicted molar refractivity (Wildman–Crippen MR) is 80.5 cm³/mol. The summed E-state index contributed by atoms with van der Waals surface area (Å²) in [4.78, 5) is 11.4. The van der Waals surface area contributed by atoms with Crippen LogP contribution in [0.5, 0.6) is 0 Å². The molecule has 5 heteroatoms. The molecule has 1 unspecified atom stereocenters. The van der Waals surface area contributed by atoms with Crippen LogP contribution in [0.15, 0.2) is 6.07 Å². The Hall–Kier alpha value is -0.870. The van der Waals surface area contributed by atoms with Gasteiger partial charge >= 0.3 is 0 Å². The molecule has 1 saturated heterocycles. The second kappa shape index (κ2) is 6.27. The maximum Gasteiger partial charge on any atom is 0.135 e. The SMILES string of the molecule is CCCOC1CCCN(c2cc(Cl)nc(C3CC3)n2)C1. The third-order valence-electron chi connectivity index (χ3n) is 3.90. The van der Waals surface area contributed by atoms with Gasteiger partial charge in [-0.2, -0.15) is 0 Å². The van der Waals surface area contributed by atoms with Crippen LogP contribution in [0.1, 0.15) is 50.8 Å². The highest BCUT2D eigenvalue weighted by atomic mass is 35.5. The summed E-state index contributed by atoms with van der Waals surface area (Å²) in [6.07, 6.45) is 6.08. The standard InChI is InChI=1S/C15H22ClN3O/c1-2-8-20-12-4-3-7-19(10-12)14-9-13(16)17-15(18-14)11-5-6-11/h9,11-12H,2-8,10H2,1H3. The average molecular weight is 296 g/mol. The summed E-state index contributed by atoms with van der Waals surface area (Å²) in [7, 11) is 0. The van der Waals surface area contributed by atoms with Gasteiger partial charge in [0, 0.05) is 31.7 Å². The first-order valence-electron chi connectivity index (χ1n) is 7.67. The Morgan fingerprint density at radius 2 is 2.20 bits per heavy atom. The zero-order valence-corrected chi connectivity index (χ0v) is 12.8. The number of nitrogens with zero attached hydrogens (tertiary/aromatic N) is 3. The predicted octanol–water partition coefficient (Wildman–Crippen LogP) is 3.40. The molecule has 0 N–H and O–H groups in total. The van der Waals surface area contributed by atoms with Gasteiger partial charge in [0.1, 0.15) is 16.8 Å². The van der Waals surface area contributed by atoms with Crippen LogP contribution < -0.4 is 4.90 Å². The highest BCUT2D eigenvalue weighted by Gasteiger charge is 2.28. The Morgan fingerprint density at radius 3 is 2.95 bits per heavy atom. The monoisotopic (exact) mass is 295 g/mol. The largest absolute Gasteiger partial charge is 0.376 e. The molecule has 1 aromatic rings. The number of anilines is 1. The Labute approximate surface area is 125 Å². The molecular weight excluding hydrogens is 274 g/mol. The number of piperidine rings is 1. The first-order valence-corrected chi connectivity index (χ1v) is 8.05. The van der Waals surface area contributed by atoms with Crippen LogP contribution in [0, 0.1) is 0 Å². The van der Waals surface area contributed by atoms with Crippen molar-refractivity contribution >= 4 is 17.4 Å². The minimum atomic E-state index is 0.321. The van der Waals surface area contributed by atoms with Crippen molar-refractivity contribution in [2.24, 2.45) is 0 Å². The lowest BCUT2D eigenvalue weighted by Crippen LogP contribution is -2.40. The summed E-state index contributed by atoms with van der Waals surface area (Å²) in [5.41, 5.74) is 0. The summed E-state index contributed by atoms with van der Waals surface area (Å²) >= 11 is 6.15. The molecule has 1 saturated carbocycles. The van der Waals surface area contributed by atoms with Gasteiger partial charge in [0.25, 0.3) is 0 Å². The van der Waals surface area contributed by atoms with E-state index < -0.39 is 0 Å². The van der Waals surface area contributed by atoms with E-state index in [1.54, 1.807) is 0 Å². The van der Waals surface area contributed by atoms with Crippen molar-refractivity contribution in [3.8, 4) is 0 Å². The van der Waals surface area contributed by atoms with Crippen molar-refractivity contribution in [3.05, 3.63) is 17.0 Å². The number of rotatable bonds is 5. The van der Waals surface area contributed by atoms with Crippen molar-refractivity contribution in [3.63, 3.8) is 0 Å². The normalized spacial score (nSPS) is 23.1. The summed E-state index contributed by atoms with van der Waals surface area (Å²) in [6.45, 7) is 4.93. The summed E-state index contributed by atoms with van der Waals surface area (Å²) in [5, 5.41) is 0.563. The number of halogens is 1. The quantitative estimate of drug-likeness (QED) is 0.780. The number of ether oxygens (including phenoxy) is 1. The van der Waals surface area contributed by atoms with Gasteiger partial charge in [-0.05, 0) is 32.1 Å². The third kappa shape index (κ3) is 3.41. The molecule has 0 bridgehead atoms. The molecule has 0 spiro atoms. The zero-order valence-electron chi connectivity index (χ0n) is 12.0. The van der Waals surface area contributed by atoms with Crippen molar-refractivity contribution in [2.75, 3.05) is 24.6 Å². The van der Waals surface area contributed by atoms with Gasteiger partial charge < -0.3 is 9.64 Å². The van der Waals surface area contributed by atoms with Crippen LogP contribution >= 0.6 is 11.6 Å². The van der Waals surface area contributed by atoms with Crippen LogP contribution in [-0.2, 0) is 4.74 Å². The number of hydrogen-bond acceptors (Lipinski definition) is 4. The van der Waals surface area contributed by atoms with E-state index >= 15 is 0 Å². The molecule has 2 heterocycles. The Bertz CT molecular complexity index is 464. The van der Waals surface area contributed by atoms with Gasteiger partial charge in [0.15, 0.2) is 0 Å². The minimum absolute atomic E-state index is 0.321. The van der Waals surface area contributed by atoms with Crippen LogP contribution in [0.4, 0.5) is 5.82 Å². The molecule has 2 aliphatic rings. The van der Waals surface area contributed by atoms with Gasteiger partial charge in [0.05, 0.1) is 6.10 Å². The zero-order chi connectivity index (χ0) is 13.9. The van der Waals surface area contributed by atoms with Gasteiger partial charge in [-0.1, -0.05) is 18.5 Å². The topological polar surface area (TPSA) is 38.2 Å². The van der Waals surface area contributed by atoms with E-state index in [2.05, 4.69) is 16.8 Å². The van der Waals surface area contributed by atoms with E-state index in [-0.39, 0.29) is 0 Å². The molecule has 0 aromatic carbocycles. The second-order valence-electron chi connectivity index (χ2n) is 5.76. The highest BCUT2D eigenvalue weighted by Crippen LogP contribution is 2.39. The van der Waals surface area contributed by atoms with Crippen molar-refractivity contribution < 1.29 is 4.74 Å². The number of hydrogen-bond donors (Lipinski definition) is 0. The van der Waals surface area contributed by atoms with Crippen LogP contribution in [0.2, 0.25) is 5.15 Å². The van der Waals surface area contributed by atoms with E-state index in [1.165, 1.54) is 12.8 Å². The molecule has 0 amide bonds. The summed E-state index contributed by atoms with van der Waals surface area (Å²) in [5.74, 6) is 2.42. The van der Waals surface area contributed by atoms with Gasteiger partial charge in [-0.25, -0.2) is 9.97 Å². The molecule has 110 valence electrons. The summed E-state index contributed by atoms with van der Waals surface area (Å²) < 4.78 is 5.89. The summed E-state index contributed by atoms with van der Waals surface area (Å²) in [6, 6.07) is 1.88. The first kappa shape index (κ1) is 14.1. The maximum absolute atomic E-state index is 6.15. The lowest BCUT2D eigenvalue weighted by atomic mass is 10.1. The molecular formula is C15H22ClN3O. The molecule has 1 aliphatic carbocycles. The number of aromatic nitrogens is 2. The van der Waals surface area contributed by atoms with Gasteiger partial charge in [-0.3, -0.25) is 0 Å². The molecule has 1 aliphatic heterocycles.